The maximum absolute atomic E-state index is 12.8. The smallest absolute Gasteiger partial charge is 0.194 e. The van der Waals surface area contributed by atoms with Gasteiger partial charge in [0.05, 0.1) is 0 Å². The van der Waals surface area contributed by atoms with Crippen molar-refractivity contribution in [1.82, 2.24) is 0 Å². The Morgan fingerprint density at radius 3 is 2.05 bits per heavy atom. The number of hydrogen-bond acceptors (Lipinski definition) is 2. The number of ketones is 1. The van der Waals surface area contributed by atoms with Gasteiger partial charge in [-0.15, -0.1) is 0 Å². The van der Waals surface area contributed by atoms with E-state index in [-0.39, 0.29) is 5.78 Å². The number of carbonyl (C=O) groups is 1. The highest BCUT2D eigenvalue weighted by molar-refractivity contribution is 6.02. The molecule has 0 bridgehead atoms. The van der Waals surface area contributed by atoms with Gasteiger partial charge in [-0.3, -0.25) is 4.79 Å². The van der Waals surface area contributed by atoms with Crippen LogP contribution < -0.4 is 0 Å². The first-order valence-corrected chi connectivity index (χ1v) is 7.05. The van der Waals surface area contributed by atoms with E-state index in [4.69, 9.17) is 4.74 Å². The Balaban J connectivity index is 2.22. The van der Waals surface area contributed by atoms with Gasteiger partial charge in [0.15, 0.2) is 5.78 Å². The summed E-state index contributed by atoms with van der Waals surface area (Å²) in [5, 5.41) is 0. The second-order valence-electron chi connectivity index (χ2n) is 6.56. The molecule has 0 heterocycles. The summed E-state index contributed by atoms with van der Waals surface area (Å²) in [6.07, 6.45) is 3.73. The zero-order valence-corrected chi connectivity index (χ0v) is 12.5. The van der Waals surface area contributed by atoms with Crippen molar-refractivity contribution in [2.24, 2.45) is 5.41 Å². The van der Waals surface area contributed by atoms with Gasteiger partial charge in [-0.2, -0.15) is 0 Å². The lowest BCUT2D eigenvalue weighted by atomic mass is 9.68. The first-order chi connectivity index (χ1) is 8.88. The molecule has 1 aliphatic carbocycles. The molecule has 1 saturated carbocycles. The molecule has 2 nitrogen and oxygen atoms in total. The van der Waals surface area contributed by atoms with Gasteiger partial charge in [-0.25, -0.2) is 0 Å². The lowest BCUT2D eigenvalue weighted by Gasteiger charge is -2.41. The number of methoxy groups -OCH3 is 1. The largest absolute Gasteiger partial charge is 0.370 e. The number of Topliss-reactive ketones (excluding diaryl/α,β-unsaturated/α-hetero) is 1. The molecule has 2 rings (SSSR count). The number of rotatable bonds is 3. The van der Waals surface area contributed by atoms with Crippen molar-refractivity contribution < 1.29 is 9.53 Å². The number of aryl methyl sites for hydroxylation is 1. The van der Waals surface area contributed by atoms with Gasteiger partial charge in [0.2, 0.25) is 0 Å². The van der Waals surface area contributed by atoms with Crippen LogP contribution in [0.4, 0.5) is 0 Å². The molecule has 0 N–H and O–H groups in total. The molecule has 1 aromatic rings. The Morgan fingerprint density at radius 1 is 1.05 bits per heavy atom. The molecule has 2 heteroatoms. The monoisotopic (exact) mass is 260 g/mol. The van der Waals surface area contributed by atoms with E-state index >= 15 is 0 Å². The van der Waals surface area contributed by atoms with Crippen LogP contribution in [-0.4, -0.2) is 18.5 Å². The van der Waals surface area contributed by atoms with E-state index in [9.17, 15) is 4.79 Å². The highest BCUT2D eigenvalue weighted by Crippen LogP contribution is 2.43. The first kappa shape index (κ1) is 14.3. The summed E-state index contributed by atoms with van der Waals surface area (Å²) < 4.78 is 5.67. The standard InChI is InChI=1S/C17H24O2/c1-13-5-7-14(8-6-13)15(18)17(19-4)11-9-16(2,3)10-12-17/h5-8H,9-12H2,1-4H3. The minimum absolute atomic E-state index is 0.144. The Morgan fingerprint density at radius 2 is 1.58 bits per heavy atom. The predicted octanol–water partition coefficient (Wildman–Crippen LogP) is 4.16. The molecule has 1 fully saturated rings. The topological polar surface area (TPSA) is 26.3 Å². The van der Waals surface area contributed by atoms with Crippen molar-refractivity contribution in [3.8, 4) is 0 Å². The Hall–Kier alpha value is -1.15. The fourth-order valence-electron chi connectivity index (χ4n) is 2.82. The van der Waals surface area contributed by atoms with Crippen LogP contribution in [-0.2, 0) is 4.74 Å². The van der Waals surface area contributed by atoms with Crippen molar-refractivity contribution in [1.29, 1.82) is 0 Å². The molecule has 0 saturated heterocycles. The van der Waals surface area contributed by atoms with Crippen molar-refractivity contribution in [2.75, 3.05) is 7.11 Å². The van der Waals surface area contributed by atoms with Gasteiger partial charge in [0.25, 0.3) is 0 Å². The molecule has 0 amide bonds. The van der Waals surface area contributed by atoms with Crippen molar-refractivity contribution in [3.63, 3.8) is 0 Å². The maximum Gasteiger partial charge on any atom is 0.194 e. The van der Waals surface area contributed by atoms with Gasteiger partial charge in [-0.1, -0.05) is 43.7 Å². The van der Waals surface area contributed by atoms with Crippen LogP contribution in [0, 0.1) is 12.3 Å². The third-order valence-electron chi connectivity index (χ3n) is 4.53. The van der Waals surface area contributed by atoms with E-state index in [1.165, 1.54) is 5.56 Å². The third-order valence-corrected chi connectivity index (χ3v) is 4.53. The molecule has 19 heavy (non-hydrogen) atoms. The molecule has 0 aliphatic heterocycles. The van der Waals surface area contributed by atoms with Crippen LogP contribution in [0.3, 0.4) is 0 Å². The van der Waals surface area contributed by atoms with Crippen LogP contribution in [0.2, 0.25) is 0 Å². The molecule has 0 atom stereocenters. The van der Waals surface area contributed by atoms with E-state index in [1.807, 2.05) is 31.2 Å². The zero-order chi connectivity index (χ0) is 14.1. The lowest BCUT2D eigenvalue weighted by Crippen LogP contribution is -2.45. The number of ether oxygens (including phenoxy) is 1. The van der Waals surface area contributed by atoms with Crippen LogP contribution in [0.15, 0.2) is 24.3 Å². The van der Waals surface area contributed by atoms with Gasteiger partial charge in [-0.05, 0) is 38.0 Å². The number of carbonyl (C=O) groups excluding carboxylic acids is 1. The molecule has 0 radical (unpaired) electrons. The summed E-state index contributed by atoms with van der Waals surface area (Å²) in [4.78, 5) is 12.8. The van der Waals surface area contributed by atoms with E-state index in [1.54, 1.807) is 7.11 Å². The quantitative estimate of drug-likeness (QED) is 0.763. The van der Waals surface area contributed by atoms with Crippen LogP contribution in [0.25, 0.3) is 0 Å². The first-order valence-electron chi connectivity index (χ1n) is 7.05. The second-order valence-corrected chi connectivity index (χ2v) is 6.56. The average Bonchev–Trinajstić information content (AvgIpc) is 2.40. The van der Waals surface area contributed by atoms with Crippen molar-refractivity contribution in [3.05, 3.63) is 35.4 Å². The fraction of sp³-hybridized carbons (Fsp3) is 0.588. The van der Waals surface area contributed by atoms with E-state index in [0.717, 1.165) is 31.2 Å². The number of hydrogen-bond donors (Lipinski definition) is 0. The molecule has 1 aliphatic rings. The number of benzene rings is 1. The van der Waals surface area contributed by atoms with Crippen molar-refractivity contribution >= 4 is 5.78 Å². The minimum atomic E-state index is -0.606. The maximum atomic E-state index is 12.8. The molecule has 1 aromatic carbocycles. The lowest BCUT2D eigenvalue weighted by molar-refractivity contribution is -0.0383. The third kappa shape index (κ3) is 2.89. The second kappa shape index (κ2) is 5.09. The summed E-state index contributed by atoms with van der Waals surface area (Å²) >= 11 is 0. The van der Waals surface area contributed by atoms with E-state index < -0.39 is 5.60 Å². The summed E-state index contributed by atoms with van der Waals surface area (Å²) in [5.41, 5.74) is 1.67. The average molecular weight is 260 g/mol. The Labute approximate surface area is 116 Å². The normalized spacial score (nSPS) is 21.1. The Kier molecular flexibility index (Phi) is 3.82. The minimum Gasteiger partial charge on any atom is -0.370 e. The SMILES string of the molecule is COC1(C(=O)c2ccc(C)cc2)CCC(C)(C)CC1. The molecule has 104 valence electrons. The highest BCUT2D eigenvalue weighted by atomic mass is 16.5. The van der Waals surface area contributed by atoms with E-state index in [0.29, 0.717) is 5.41 Å². The summed E-state index contributed by atoms with van der Waals surface area (Å²) in [6.45, 7) is 6.56. The summed E-state index contributed by atoms with van der Waals surface area (Å²) in [5.74, 6) is 0.144. The molecular formula is C17H24O2. The molecule has 0 spiro atoms. The van der Waals surface area contributed by atoms with Crippen LogP contribution in [0.5, 0.6) is 0 Å². The van der Waals surface area contributed by atoms with Gasteiger partial charge < -0.3 is 4.74 Å². The van der Waals surface area contributed by atoms with Gasteiger partial charge >= 0.3 is 0 Å². The van der Waals surface area contributed by atoms with Gasteiger partial charge in [0.1, 0.15) is 5.60 Å². The summed E-state index contributed by atoms with van der Waals surface area (Å²) in [7, 11) is 1.67. The molecule has 0 aromatic heterocycles. The van der Waals surface area contributed by atoms with Gasteiger partial charge in [0, 0.05) is 12.7 Å². The summed E-state index contributed by atoms with van der Waals surface area (Å²) in [6, 6.07) is 7.81. The van der Waals surface area contributed by atoms with E-state index in [2.05, 4.69) is 13.8 Å². The zero-order valence-electron chi connectivity index (χ0n) is 12.5. The molecule has 0 unspecified atom stereocenters. The Bertz CT molecular complexity index is 447. The van der Waals surface area contributed by atoms with Crippen LogP contribution >= 0.6 is 0 Å². The van der Waals surface area contributed by atoms with Crippen LogP contribution in [0.1, 0.15) is 55.5 Å². The fourth-order valence-corrected chi connectivity index (χ4v) is 2.82. The predicted molar refractivity (Wildman–Crippen MR) is 77.5 cm³/mol. The van der Waals surface area contributed by atoms with Crippen molar-refractivity contribution in [2.45, 2.75) is 52.1 Å². The molecular weight excluding hydrogens is 236 g/mol. The highest BCUT2D eigenvalue weighted by Gasteiger charge is 2.44.